The highest BCUT2D eigenvalue weighted by Crippen LogP contribution is 2.32. The van der Waals surface area contributed by atoms with E-state index in [1.807, 2.05) is 0 Å². The van der Waals surface area contributed by atoms with Gasteiger partial charge in [0, 0.05) is 24.2 Å². The van der Waals surface area contributed by atoms with E-state index in [0.717, 1.165) is 18.4 Å². The number of ether oxygens (including phenoxy) is 1. The molecule has 2 atom stereocenters. The summed E-state index contributed by atoms with van der Waals surface area (Å²) >= 11 is 0. The van der Waals surface area contributed by atoms with Crippen molar-refractivity contribution in [2.75, 3.05) is 13.2 Å². The van der Waals surface area contributed by atoms with Crippen molar-refractivity contribution in [3.05, 3.63) is 53.7 Å². The molecule has 4 nitrogen and oxygen atoms in total. The Morgan fingerprint density at radius 1 is 1.38 bits per heavy atom. The first-order valence-electron chi connectivity index (χ1n) is 7.11. The maximum atomic E-state index is 13.3. The molecule has 0 saturated carbocycles. The molecule has 0 amide bonds. The quantitative estimate of drug-likeness (QED) is 0.909. The van der Waals surface area contributed by atoms with Crippen LogP contribution in [0.1, 0.15) is 36.3 Å². The molecule has 2 aromatic rings. The van der Waals surface area contributed by atoms with Gasteiger partial charge in [0.25, 0.3) is 0 Å². The van der Waals surface area contributed by atoms with E-state index in [9.17, 15) is 9.50 Å². The van der Waals surface area contributed by atoms with E-state index in [1.54, 1.807) is 18.2 Å². The van der Waals surface area contributed by atoms with Gasteiger partial charge in [0.05, 0.1) is 12.9 Å². The lowest BCUT2D eigenvalue weighted by Crippen LogP contribution is -2.26. The van der Waals surface area contributed by atoms with Crippen molar-refractivity contribution >= 4 is 0 Å². The first-order valence-corrected chi connectivity index (χ1v) is 7.11. The second kappa shape index (κ2) is 6.28. The third-order valence-electron chi connectivity index (χ3n) is 3.67. The zero-order valence-corrected chi connectivity index (χ0v) is 11.6. The Morgan fingerprint density at radius 3 is 3.10 bits per heavy atom. The van der Waals surface area contributed by atoms with Crippen LogP contribution >= 0.6 is 0 Å². The molecular weight excluding hydrogens is 273 g/mol. The lowest BCUT2D eigenvalue weighted by molar-refractivity contribution is 0.142. The van der Waals surface area contributed by atoms with Crippen LogP contribution in [0.3, 0.4) is 0 Å². The summed E-state index contributed by atoms with van der Waals surface area (Å²) in [6.07, 6.45) is 2.60. The highest BCUT2D eigenvalue weighted by atomic mass is 19.1. The van der Waals surface area contributed by atoms with Gasteiger partial charge in [-0.1, -0.05) is 6.07 Å². The molecule has 0 bridgehead atoms. The fraction of sp³-hybridized carbons (Fsp3) is 0.375. The molecule has 1 aliphatic heterocycles. The van der Waals surface area contributed by atoms with Gasteiger partial charge < -0.3 is 19.6 Å². The third kappa shape index (κ3) is 3.25. The van der Waals surface area contributed by atoms with Gasteiger partial charge in [0.1, 0.15) is 23.4 Å². The van der Waals surface area contributed by atoms with Crippen molar-refractivity contribution in [1.29, 1.82) is 0 Å². The Kier molecular flexibility index (Phi) is 4.22. The average Bonchev–Trinajstić information content (AvgIpc) is 2.94. The summed E-state index contributed by atoms with van der Waals surface area (Å²) in [7, 11) is 0. The first-order chi connectivity index (χ1) is 10.2. The van der Waals surface area contributed by atoms with Crippen LogP contribution in [0.25, 0.3) is 0 Å². The molecule has 0 aliphatic carbocycles. The number of aliphatic hydroxyl groups excluding tert-OH is 1. The molecule has 2 unspecified atom stereocenters. The standard InChI is InChI=1S/C16H18FNO3/c17-11-5-6-12-13(3-1-7-21-16(12)9-11)18-10-14(19)15-4-2-8-20-15/h2,4-6,8-9,13-14,18-19H,1,3,7,10H2. The summed E-state index contributed by atoms with van der Waals surface area (Å²) in [4.78, 5) is 0. The van der Waals surface area contributed by atoms with Crippen LogP contribution in [0, 0.1) is 5.82 Å². The normalized spacial score (nSPS) is 19.4. The van der Waals surface area contributed by atoms with Gasteiger partial charge >= 0.3 is 0 Å². The fourth-order valence-electron chi connectivity index (χ4n) is 2.59. The van der Waals surface area contributed by atoms with Gasteiger partial charge in [0.15, 0.2) is 0 Å². The Hall–Kier alpha value is -1.85. The minimum atomic E-state index is -0.701. The maximum absolute atomic E-state index is 13.3. The Morgan fingerprint density at radius 2 is 2.29 bits per heavy atom. The second-order valence-corrected chi connectivity index (χ2v) is 5.16. The molecular formula is C16H18FNO3. The first kappa shape index (κ1) is 14.1. The number of rotatable bonds is 4. The van der Waals surface area contributed by atoms with Gasteiger partial charge in [-0.2, -0.15) is 0 Å². The average molecular weight is 291 g/mol. The van der Waals surface area contributed by atoms with E-state index in [0.29, 0.717) is 24.7 Å². The largest absolute Gasteiger partial charge is 0.493 e. The SMILES string of the molecule is OC(CNC1CCCOc2cc(F)ccc21)c1ccco1. The number of furan rings is 1. The molecule has 5 heteroatoms. The number of hydrogen-bond donors (Lipinski definition) is 2. The number of aliphatic hydroxyl groups is 1. The summed E-state index contributed by atoms with van der Waals surface area (Å²) in [5.74, 6) is 0.814. The van der Waals surface area contributed by atoms with E-state index in [-0.39, 0.29) is 11.9 Å². The molecule has 0 radical (unpaired) electrons. The molecule has 2 heterocycles. The highest BCUT2D eigenvalue weighted by molar-refractivity contribution is 5.37. The van der Waals surface area contributed by atoms with Crippen LogP contribution in [0.5, 0.6) is 5.75 Å². The molecule has 0 spiro atoms. The molecule has 1 aromatic heterocycles. The van der Waals surface area contributed by atoms with E-state index in [1.165, 1.54) is 18.4 Å². The van der Waals surface area contributed by atoms with Crippen LogP contribution in [0.15, 0.2) is 41.0 Å². The predicted molar refractivity (Wildman–Crippen MR) is 75.5 cm³/mol. The molecule has 3 rings (SSSR count). The smallest absolute Gasteiger partial charge is 0.133 e. The lowest BCUT2D eigenvalue weighted by Gasteiger charge is -2.20. The van der Waals surface area contributed by atoms with Crippen molar-refractivity contribution in [3.8, 4) is 5.75 Å². The fourth-order valence-corrected chi connectivity index (χ4v) is 2.59. The maximum Gasteiger partial charge on any atom is 0.133 e. The van der Waals surface area contributed by atoms with Gasteiger partial charge in [-0.25, -0.2) is 4.39 Å². The van der Waals surface area contributed by atoms with Gasteiger partial charge in [-0.05, 0) is 31.0 Å². The molecule has 2 N–H and O–H groups in total. The van der Waals surface area contributed by atoms with Crippen LogP contribution < -0.4 is 10.1 Å². The molecule has 21 heavy (non-hydrogen) atoms. The van der Waals surface area contributed by atoms with Crippen molar-refractivity contribution in [3.63, 3.8) is 0 Å². The number of nitrogens with one attached hydrogen (secondary N) is 1. The zero-order chi connectivity index (χ0) is 14.7. The van der Waals surface area contributed by atoms with Crippen molar-refractivity contribution < 1.29 is 18.7 Å². The van der Waals surface area contributed by atoms with Gasteiger partial charge in [-0.3, -0.25) is 0 Å². The second-order valence-electron chi connectivity index (χ2n) is 5.16. The number of halogens is 1. The van der Waals surface area contributed by atoms with Crippen molar-refractivity contribution in [2.45, 2.75) is 25.0 Å². The van der Waals surface area contributed by atoms with Crippen LogP contribution in [-0.2, 0) is 0 Å². The van der Waals surface area contributed by atoms with Crippen molar-refractivity contribution in [2.24, 2.45) is 0 Å². The number of fused-ring (bicyclic) bond motifs is 1. The Labute approximate surface area is 122 Å². The minimum absolute atomic E-state index is 0.0349. The predicted octanol–water partition coefficient (Wildman–Crippen LogP) is 2.96. The Balaban J connectivity index is 1.71. The monoisotopic (exact) mass is 291 g/mol. The topological polar surface area (TPSA) is 54.6 Å². The van der Waals surface area contributed by atoms with E-state index < -0.39 is 6.10 Å². The number of hydrogen-bond acceptors (Lipinski definition) is 4. The third-order valence-corrected chi connectivity index (χ3v) is 3.67. The van der Waals surface area contributed by atoms with Crippen molar-refractivity contribution in [1.82, 2.24) is 5.32 Å². The molecule has 0 saturated heterocycles. The summed E-state index contributed by atoms with van der Waals surface area (Å²) in [6.45, 7) is 0.949. The molecule has 112 valence electrons. The molecule has 1 aliphatic rings. The van der Waals surface area contributed by atoms with Gasteiger partial charge in [-0.15, -0.1) is 0 Å². The summed E-state index contributed by atoms with van der Waals surface area (Å²) in [5, 5.41) is 13.4. The lowest BCUT2D eigenvalue weighted by atomic mass is 10.0. The van der Waals surface area contributed by atoms with Crippen LogP contribution in [0.4, 0.5) is 4.39 Å². The molecule has 0 fully saturated rings. The van der Waals surface area contributed by atoms with Crippen LogP contribution in [-0.4, -0.2) is 18.3 Å². The van der Waals surface area contributed by atoms with E-state index in [2.05, 4.69) is 5.32 Å². The zero-order valence-electron chi connectivity index (χ0n) is 11.6. The van der Waals surface area contributed by atoms with Gasteiger partial charge in [0.2, 0.25) is 0 Å². The summed E-state index contributed by atoms with van der Waals surface area (Å²) < 4.78 is 24.1. The minimum Gasteiger partial charge on any atom is -0.493 e. The van der Waals surface area contributed by atoms with E-state index in [4.69, 9.17) is 9.15 Å². The van der Waals surface area contributed by atoms with Crippen LogP contribution in [0.2, 0.25) is 0 Å². The number of benzene rings is 1. The molecule has 1 aromatic carbocycles. The highest BCUT2D eigenvalue weighted by Gasteiger charge is 2.21. The summed E-state index contributed by atoms with van der Waals surface area (Å²) in [6, 6.07) is 8.12. The Bertz CT molecular complexity index is 585. The summed E-state index contributed by atoms with van der Waals surface area (Å²) in [5.41, 5.74) is 0.931. The van der Waals surface area contributed by atoms with E-state index >= 15 is 0 Å².